The molecule has 0 saturated carbocycles. The third-order valence-electron chi connectivity index (χ3n) is 3.74. The van der Waals surface area contributed by atoms with Crippen LogP contribution in [0.1, 0.15) is 19.8 Å². The highest BCUT2D eigenvalue weighted by Gasteiger charge is 2.22. The van der Waals surface area contributed by atoms with Crippen molar-refractivity contribution in [2.24, 2.45) is 0 Å². The van der Waals surface area contributed by atoms with Gasteiger partial charge in [0, 0.05) is 6.08 Å². The molecule has 2 aromatic carbocycles. The highest BCUT2D eigenvalue weighted by Crippen LogP contribution is 2.18. The average Bonchev–Trinajstić information content (AvgIpc) is 2.71. The molecular weight excluding hydrogens is 399 g/mol. The van der Waals surface area contributed by atoms with Crippen LogP contribution in [-0.2, 0) is 23.8 Å². The molecule has 8 heteroatoms. The summed E-state index contributed by atoms with van der Waals surface area (Å²) >= 11 is 0. The highest BCUT2D eigenvalue weighted by atomic mass is 32.2. The van der Waals surface area contributed by atoms with Gasteiger partial charge in [-0.25, -0.2) is 9.18 Å². The molecule has 0 amide bonds. The van der Waals surface area contributed by atoms with Gasteiger partial charge in [-0.2, -0.15) is 8.42 Å². The van der Waals surface area contributed by atoms with E-state index in [1.807, 2.05) is 0 Å². The number of rotatable bonds is 11. The van der Waals surface area contributed by atoms with Gasteiger partial charge in [-0.1, -0.05) is 24.3 Å². The van der Waals surface area contributed by atoms with Gasteiger partial charge in [-0.3, -0.25) is 4.18 Å². The average molecular weight is 422 g/mol. The van der Waals surface area contributed by atoms with Gasteiger partial charge in [0.05, 0.1) is 11.5 Å². The second kappa shape index (κ2) is 11.3. The van der Waals surface area contributed by atoms with Crippen molar-refractivity contribution in [3.05, 3.63) is 72.6 Å². The van der Waals surface area contributed by atoms with Crippen LogP contribution in [0.2, 0.25) is 0 Å². The van der Waals surface area contributed by atoms with Crippen molar-refractivity contribution >= 4 is 16.1 Å². The minimum atomic E-state index is -3.99. The zero-order chi connectivity index (χ0) is 21.1. The van der Waals surface area contributed by atoms with Crippen molar-refractivity contribution in [1.29, 1.82) is 0 Å². The van der Waals surface area contributed by atoms with Gasteiger partial charge in [0.1, 0.15) is 24.3 Å². The predicted octanol–water partition coefficient (Wildman–Crippen LogP) is 3.88. The normalized spacial score (nSPS) is 12.6. The first-order valence-corrected chi connectivity index (χ1v) is 10.5. The predicted molar refractivity (Wildman–Crippen MR) is 105 cm³/mol. The molecule has 0 N–H and O–H groups in total. The Bertz CT molecular complexity index is 895. The summed E-state index contributed by atoms with van der Waals surface area (Å²) in [6.07, 6.45) is 2.72. The van der Waals surface area contributed by atoms with E-state index >= 15 is 0 Å². The van der Waals surface area contributed by atoms with Crippen LogP contribution in [-0.4, -0.2) is 33.7 Å². The number of ether oxygens (including phenoxy) is 2. The Balaban J connectivity index is 2.03. The highest BCUT2D eigenvalue weighted by molar-refractivity contribution is 7.86. The zero-order valence-electron chi connectivity index (χ0n) is 16.0. The van der Waals surface area contributed by atoms with Crippen molar-refractivity contribution in [3.63, 3.8) is 0 Å². The molecule has 1 atom stereocenters. The number of allylic oxidation sites excluding steroid dienone is 1. The van der Waals surface area contributed by atoms with Crippen molar-refractivity contribution in [2.75, 3.05) is 13.2 Å². The summed E-state index contributed by atoms with van der Waals surface area (Å²) in [6, 6.07) is 13.2. The molecule has 0 unspecified atom stereocenters. The van der Waals surface area contributed by atoms with Gasteiger partial charge >= 0.3 is 5.97 Å². The second-order valence-corrected chi connectivity index (χ2v) is 7.55. The number of carbonyl (C=O) groups excluding carboxylic acids is 1. The van der Waals surface area contributed by atoms with Crippen LogP contribution in [0.25, 0.3) is 0 Å². The van der Waals surface area contributed by atoms with Gasteiger partial charge in [0.15, 0.2) is 0 Å². The Morgan fingerprint density at radius 1 is 1.10 bits per heavy atom. The summed E-state index contributed by atoms with van der Waals surface area (Å²) < 4.78 is 53.7. The molecule has 0 aliphatic heterocycles. The van der Waals surface area contributed by atoms with Crippen LogP contribution in [0.4, 0.5) is 4.39 Å². The van der Waals surface area contributed by atoms with Crippen LogP contribution in [0, 0.1) is 5.82 Å². The first-order valence-electron chi connectivity index (χ1n) is 9.10. The number of hydrogen-bond donors (Lipinski definition) is 0. The quantitative estimate of drug-likeness (QED) is 0.311. The lowest BCUT2D eigenvalue weighted by molar-refractivity contribution is -0.137. The van der Waals surface area contributed by atoms with E-state index in [4.69, 9.17) is 13.7 Å². The summed E-state index contributed by atoms with van der Waals surface area (Å²) in [7, 11) is -3.99. The summed E-state index contributed by atoms with van der Waals surface area (Å²) in [4.78, 5) is 11.4. The lowest BCUT2D eigenvalue weighted by Gasteiger charge is -2.18. The van der Waals surface area contributed by atoms with Crippen molar-refractivity contribution in [3.8, 4) is 5.75 Å². The Kier molecular flexibility index (Phi) is 8.82. The maximum atomic E-state index is 13.0. The van der Waals surface area contributed by atoms with Gasteiger partial charge in [-0.15, -0.1) is 0 Å². The van der Waals surface area contributed by atoms with E-state index in [0.29, 0.717) is 12.2 Å². The molecule has 0 saturated heterocycles. The fraction of sp³-hybridized carbons (Fsp3) is 0.286. The Morgan fingerprint density at radius 2 is 1.79 bits per heavy atom. The molecule has 0 aromatic heterocycles. The second-order valence-electron chi connectivity index (χ2n) is 5.98. The largest absolute Gasteiger partial charge is 0.491 e. The van der Waals surface area contributed by atoms with Crippen LogP contribution in [0.5, 0.6) is 5.75 Å². The fourth-order valence-electron chi connectivity index (χ4n) is 2.35. The molecule has 2 rings (SSSR count). The molecule has 0 radical (unpaired) electrons. The van der Waals surface area contributed by atoms with E-state index in [0.717, 1.165) is 0 Å². The van der Waals surface area contributed by atoms with E-state index < -0.39 is 28.0 Å². The van der Waals surface area contributed by atoms with Gasteiger partial charge in [-0.05, 0) is 56.2 Å². The van der Waals surface area contributed by atoms with Crippen molar-refractivity contribution in [1.82, 2.24) is 0 Å². The number of hydrogen-bond acceptors (Lipinski definition) is 6. The summed E-state index contributed by atoms with van der Waals surface area (Å²) in [5, 5.41) is 0. The molecule has 156 valence electrons. The standard InChI is InChI=1S/C21H23FO6S/c1-2-26-21(23)11-7-6-8-19(16-27-18-14-12-17(22)13-15-18)28-29(24,25)20-9-4-3-5-10-20/h3-5,7,9-15,19H,2,6,8,16H2,1H3/b11-7+/t19-/m1/s1. The fourth-order valence-corrected chi connectivity index (χ4v) is 3.46. The van der Waals surface area contributed by atoms with Gasteiger partial charge in [0.2, 0.25) is 0 Å². The van der Waals surface area contributed by atoms with E-state index in [9.17, 15) is 17.6 Å². The maximum Gasteiger partial charge on any atom is 0.330 e. The molecular formula is C21H23FO6S. The molecule has 0 aliphatic rings. The van der Waals surface area contributed by atoms with E-state index in [2.05, 4.69) is 0 Å². The number of halogens is 1. The summed E-state index contributed by atoms with van der Waals surface area (Å²) in [5.74, 6) is -0.482. The number of benzene rings is 2. The van der Waals surface area contributed by atoms with Crippen LogP contribution < -0.4 is 4.74 Å². The SMILES string of the molecule is CCOC(=O)/C=C/CC[C@H](COc1ccc(F)cc1)OS(=O)(=O)c1ccccc1. The lowest BCUT2D eigenvalue weighted by Crippen LogP contribution is -2.25. The first-order chi connectivity index (χ1) is 13.9. The molecule has 0 spiro atoms. The summed E-state index contributed by atoms with van der Waals surface area (Å²) in [6.45, 7) is 1.91. The summed E-state index contributed by atoms with van der Waals surface area (Å²) in [5.41, 5.74) is 0. The lowest BCUT2D eigenvalue weighted by atomic mass is 10.2. The van der Waals surface area contributed by atoms with Gasteiger partial charge < -0.3 is 9.47 Å². The number of esters is 1. The van der Waals surface area contributed by atoms with Gasteiger partial charge in [0.25, 0.3) is 10.1 Å². The molecule has 0 fully saturated rings. The van der Waals surface area contributed by atoms with Crippen molar-refractivity contribution in [2.45, 2.75) is 30.8 Å². The monoisotopic (exact) mass is 422 g/mol. The molecule has 0 aliphatic carbocycles. The molecule has 0 heterocycles. The molecule has 0 bridgehead atoms. The minimum absolute atomic E-state index is 0.0360. The third-order valence-corrected chi connectivity index (χ3v) is 5.12. The molecule has 2 aromatic rings. The Labute approximate surface area is 170 Å². The van der Waals surface area contributed by atoms with E-state index in [-0.39, 0.29) is 24.5 Å². The topological polar surface area (TPSA) is 78.9 Å². The molecule has 6 nitrogen and oxygen atoms in total. The molecule has 29 heavy (non-hydrogen) atoms. The van der Waals surface area contributed by atoms with Crippen LogP contribution in [0.3, 0.4) is 0 Å². The van der Waals surface area contributed by atoms with E-state index in [1.165, 1.54) is 42.5 Å². The minimum Gasteiger partial charge on any atom is -0.491 e. The van der Waals surface area contributed by atoms with E-state index in [1.54, 1.807) is 31.2 Å². The third kappa shape index (κ3) is 8.05. The maximum absolute atomic E-state index is 13.0. The smallest absolute Gasteiger partial charge is 0.330 e. The van der Waals surface area contributed by atoms with Crippen LogP contribution in [0.15, 0.2) is 71.6 Å². The Morgan fingerprint density at radius 3 is 2.45 bits per heavy atom. The zero-order valence-corrected chi connectivity index (χ0v) is 16.8. The van der Waals surface area contributed by atoms with Crippen molar-refractivity contribution < 1.29 is 31.3 Å². The van der Waals surface area contributed by atoms with Crippen LogP contribution >= 0.6 is 0 Å². The number of carbonyl (C=O) groups is 1. The Hall–Kier alpha value is -2.71. The first kappa shape index (κ1) is 22.6.